The summed E-state index contributed by atoms with van der Waals surface area (Å²) in [6.07, 6.45) is -1.14. The van der Waals surface area contributed by atoms with Crippen molar-refractivity contribution in [2.75, 3.05) is 12.4 Å². The van der Waals surface area contributed by atoms with Gasteiger partial charge in [0.25, 0.3) is 5.91 Å². The van der Waals surface area contributed by atoms with Crippen LogP contribution in [0.4, 0.5) is 9.80 Å². The van der Waals surface area contributed by atoms with Crippen LogP contribution in [0.1, 0.15) is 42.9 Å². The van der Waals surface area contributed by atoms with Crippen LogP contribution in [0.25, 0.3) is 0 Å². The van der Waals surface area contributed by atoms with Gasteiger partial charge in [0.2, 0.25) is 5.91 Å². The number of urea groups is 1. The van der Waals surface area contributed by atoms with E-state index >= 15 is 0 Å². The van der Waals surface area contributed by atoms with Crippen LogP contribution in [0.3, 0.4) is 0 Å². The summed E-state index contributed by atoms with van der Waals surface area (Å²) in [6.45, 7) is 8.41. The van der Waals surface area contributed by atoms with Gasteiger partial charge in [-0.15, -0.1) is 11.3 Å². The minimum atomic E-state index is -1.14. The molecule has 0 aliphatic carbocycles. The maximum absolute atomic E-state index is 12.2. The van der Waals surface area contributed by atoms with Crippen molar-refractivity contribution in [2.45, 2.75) is 40.7 Å². The highest BCUT2D eigenvalue weighted by atomic mass is 32.1. The van der Waals surface area contributed by atoms with Gasteiger partial charge in [-0.05, 0) is 25.5 Å². The highest BCUT2D eigenvalue weighted by molar-refractivity contribution is 7.18. The highest BCUT2D eigenvalue weighted by Gasteiger charge is 2.25. The number of rotatable bonds is 4. The van der Waals surface area contributed by atoms with Gasteiger partial charge in [-0.25, -0.2) is 9.59 Å². The minimum Gasteiger partial charge on any atom is -0.448 e. The van der Waals surface area contributed by atoms with Gasteiger partial charge in [-0.1, -0.05) is 20.8 Å². The first-order chi connectivity index (χ1) is 11.5. The van der Waals surface area contributed by atoms with Crippen LogP contribution >= 0.6 is 11.3 Å². The van der Waals surface area contributed by atoms with Crippen molar-refractivity contribution in [3.63, 3.8) is 0 Å². The predicted molar refractivity (Wildman–Crippen MR) is 94.6 cm³/mol. The Labute approximate surface area is 150 Å². The molecular formula is C16H23N3O5S. The number of esters is 1. The number of carbonyl (C=O) groups excluding carboxylic acids is 4. The number of imide groups is 1. The zero-order valence-corrected chi connectivity index (χ0v) is 15.9. The van der Waals surface area contributed by atoms with Crippen molar-refractivity contribution in [3.05, 3.63) is 16.5 Å². The second-order valence-electron chi connectivity index (χ2n) is 6.44. The van der Waals surface area contributed by atoms with Crippen LogP contribution in [-0.4, -0.2) is 37.0 Å². The Bertz CT molecular complexity index is 690. The van der Waals surface area contributed by atoms with Crippen LogP contribution in [-0.2, 0) is 14.3 Å². The van der Waals surface area contributed by atoms with E-state index in [0.717, 1.165) is 11.3 Å². The molecule has 0 aliphatic rings. The maximum Gasteiger partial charge on any atom is 0.349 e. The summed E-state index contributed by atoms with van der Waals surface area (Å²) in [7, 11) is 1.36. The number of hydrogen-bond acceptors (Lipinski definition) is 6. The number of ether oxygens (including phenoxy) is 1. The highest BCUT2D eigenvalue weighted by Crippen LogP contribution is 2.29. The molecule has 0 aliphatic heterocycles. The van der Waals surface area contributed by atoms with Crippen LogP contribution in [0.15, 0.2) is 6.07 Å². The summed E-state index contributed by atoms with van der Waals surface area (Å²) in [5, 5.41) is 7.53. The molecule has 1 aromatic heterocycles. The lowest BCUT2D eigenvalue weighted by atomic mass is 9.96. The van der Waals surface area contributed by atoms with Crippen LogP contribution in [0.2, 0.25) is 0 Å². The molecule has 0 bridgehead atoms. The first-order valence-electron chi connectivity index (χ1n) is 7.61. The fourth-order valence-electron chi connectivity index (χ4n) is 1.59. The van der Waals surface area contributed by atoms with Gasteiger partial charge in [-0.3, -0.25) is 14.9 Å². The van der Waals surface area contributed by atoms with Crippen molar-refractivity contribution >= 4 is 40.2 Å². The molecule has 0 saturated carbocycles. The number of amides is 4. The average molecular weight is 369 g/mol. The maximum atomic E-state index is 12.2. The third kappa shape index (κ3) is 5.86. The molecule has 0 spiro atoms. The van der Waals surface area contributed by atoms with Crippen molar-refractivity contribution in [1.82, 2.24) is 10.6 Å². The molecule has 0 saturated heterocycles. The van der Waals surface area contributed by atoms with Gasteiger partial charge in [0.1, 0.15) is 4.88 Å². The van der Waals surface area contributed by atoms with E-state index < -0.39 is 29.4 Å². The van der Waals surface area contributed by atoms with Crippen molar-refractivity contribution in [3.8, 4) is 0 Å². The number of anilines is 1. The summed E-state index contributed by atoms with van der Waals surface area (Å²) in [6, 6.07) is 0.979. The zero-order chi connectivity index (χ0) is 19.4. The lowest BCUT2D eigenvalue weighted by molar-refractivity contribution is -0.128. The van der Waals surface area contributed by atoms with Gasteiger partial charge < -0.3 is 15.4 Å². The van der Waals surface area contributed by atoms with E-state index in [1.165, 1.54) is 14.0 Å². The van der Waals surface area contributed by atoms with E-state index in [1.54, 1.807) is 33.8 Å². The first-order valence-corrected chi connectivity index (χ1v) is 8.42. The monoisotopic (exact) mass is 369 g/mol. The molecule has 0 fully saturated rings. The summed E-state index contributed by atoms with van der Waals surface area (Å²) >= 11 is 1.07. The molecule has 1 heterocycles. The van der Waals surface area contributed by atoms with E-state index in [4.69, 9.17) is 4.74 Å². The molecule has 9 heteroatoms. The molecule has 8 nitrogen and oxygen atoms in total. The normalized spacial score (nSPS) is 12.1. The summed E-state index contributed by atoms with van der Waals surface area (Å²) < 4.78 is 5.08. The molecule has 3 N–H and O–H groups in total. The quantitative estimate of drug-likeness (QED) is 0.703. The molecule has 25 heavy (non-hydrogen) atoms. The Morgan fingerprint density at radius 2 is 1.80 bits per heavy atom. The van der Waals surface area contributed by atoms with Gasteiger partial charge in [0.15, 0.2) is 6.10 Å². The Morgan fingerprint density at radius 3 is 2.32 bits per heavy atom. The molecule has 0 unspecified atom stereocenters. The molecule has 0 radical (unpaired) electrons. The number of thiophene rings is 1. The summed E-state index contributed by atoms with van der Waals surface area (Å²) in [5.41, 5.74) is 0.0588. The van der Waals surface area contributed by atoms with Crippen LogP contribution in [0.5, 0.6) is 0 Å². The van der Waals surface area contributed by atoms with Gasteiger partial charge in [-0.2, -0.15) is 0 Å². The smallest absolute Gasteiger partial charge is 0.349 e. The Kier molecular flexibility index (Phi) is 6.69. The van der Waals surface area contributed by atoms with E-state index in [1.807, 2.05) is 5.32 Å². The number of nitrogens with one attached hydrogen (secondary N) is 3. The Morgan fingerprint density at radius 1 is 1.20 bits per heavy atom. The van der Waals surface area contributed by atoms with Gasteiger partial charge >= 0.3 is 12.0 Å². The van der Waals surface area contributed by atoms with E-state index in [9.17, 15) is 19.2 Å². The van der Waals surface area contributed by atoms with Crippen LogP contribution < -0.4 is 16.0 Å². The van der Waals surface area contributed by atoms with Crippen LogP contribution in [0, 0.1) is 12.3 Å². The number of aryl methyl sites for hydroxylation is 1. The van der Waals surface area contributed by atoms with E-state index in [0.29, 0.717) is 10.6 Å². The third-order valence-corrected chi connectivity index (χ3v) is 4.27. The molecular weight excluding hydrogens is 346 g/mol. The molecule has 4 amide bonds. The SMILES string of the molecule is CNC(=O)NC(=O)[C@@H](C)OC(=O)c1sc(NC(=O)C(C)(C)C)cc1C. The summed E-state index contributed by atoms with van der Waals surface area (Å²) in [5.74, 6) is -1.60. The fraction of sp³-hybridized carbons (Fsp3) is 0.500. The molecule has 1 aromatic rings. The second kappa shape index (κ2) is 8.11. The standard InChI is InChI=1S/C16H23N3O5S/c1-8-7-10(18-14(22)16(3,4)5)25-11(8)13(21)24-9(2)12(20)19-15(23)17-6/h7,9H,1-6H3,(H,18,22)(H2,17,19,20,23)/t9-/m1/s1. The molecule has 0 aromatic carbocycles. The molecule has 1 rings (SSSR count). The minimum absolute atomic E-state index is 0.174. The lowest BCUT2D eigenvalue weighted by Gasteiger charge is -2.16. The number of hydrogen-bond donors (Lipinski definition) is 3. The Hall–Kier alpha value is -2.42. The third-order valence-electron chi connectivity index (χ3n) is 3.14. The molecule has 1 atom stereocenters. The van der Waals surface area contributed by atoms with E-state index in [-0.39, 0.29) is 10.8 Å². The zero-order valence-electron chi connectivity index (χ0n) is 15.1. The van der Waals surface area contributed by atoms with Crippen molar-refractivity contribution in [1.29, 1.82) is 0 Å². The Balaban J connectivity index is 2.78. The topological polar surface area (TPSA) is 114 Å². The van der Waals surface area contributed by atoms with E-state index in [2.05, 4.69) is 10.6 Å². The second-order valence-corrected chi connectivity index (χ2v) is 7.50. The first kappa shape index (κ1) is 20.6. The lowest BCUT2D eigenvalue weighted by Crippen LogP contribution is -2.43. The van der Waals surface area contributed by atoms with Gasteiger partial charge in [0.05, 0.1) is 5.00 Å². The largest absolute Gasteiger partial charge is 0.448 e. The molecule has 138 valence electrons. The van der Waals surface area contributed by atoms with Crippen molar-refractivity contribution in [2.24, 2.45) is 5.41 Å². The average Bonchev–Trinajstić information content (AvgIpc) is 2.86. The van der Waals surface area contributed by atoms with Gasteiger partial charge in [0, 0.05) is 12.5 Å². The fourth-order valence-corrected chi connectivity index (χ4v) is 2.54. The predicted octanol–water partition coefficient (Wildman–Crippen LogP) is 2.04. The van der Waals surface area contributed by atoms with Crippen molar-refractivity contribution < 1.29 is 23.9 Å². The number of carbonyl (C=O) groups is 4. The summed E-state index contributed by atoms with van der Waals surface area (Å²) in [4.78, 5) is 47.3.